The van der Waals surface area contributed by atoms with Gasteiger partial charge in [0.2, 0.25) is 0 Å². The highest BCUT2D eigenvalue weighted by Crippen LogP contribution is 2.12. The van der Waals surface area contributed by atoms with Crippen molar-refractivity contribution >= 4 is 15.8 Å². The van der Waals surface area contributed by atoms with Crippen LogP contribution in [0.5, 0.6) is 0 Å². The van der Waals surface area contributed by atoms with Gasteiger partial charge < -0.3 is 4.74 Å². The lowest BCUT2D eigenvalue weighted by atomic mass is 10.0. The molecule has 0 aromatic heterocycles. The van der Waals surface area contributed by atoms with Crippen LogP contribution in [0.4, 0.5) is 0 Å². The highest BCUT2D eigenvalue weighted by Gasteiger charge is 2.14. The maximum Gasteiger partial charge on any atom is 0.321 e. The first-order valence-electron chi connectivity index (χ1n) is 5.72. The minimum absolute atomic E-state index is 0.338. The first-order valence-corrected chi connectivity index (χ1v) is 7.78. The van der Waals surface area contributed by atoms with E-state index >= 15 is 0 Å². The highest BCUT2D eigenvalue weighted by atomic mass is 32.2. The van der Waals surface area contributed by atoms with Crippen LogP contribution in [0, 0.1) is 5.92 Å². The van der Waals surface area contributed by atoms with Gasteiger partial charge >= 0.3 is 5.97 Å². The van der Waals surface area contributed by atoms with Gasteiger partial charge in [0, 0.05) is 6.26 Å². The Morgan fingerprint density at radius 2 is 1.94 bits per heavy atom. The molecule has 0 aromatic rings. The molecule has 0 aliphatic carbocycles. The lowest BCUT2D eigenvalue weighted by Gasteiger charge is -2.14. The SMILES string of the molecule is CCCCC(CC)COC(=O)CS(C)(=O)=O. The summed E-state index contributed by atoms with van der Waals surface area (Å²) in [4.78, 5) is 11.2. The van der Waals surface area contributed by atoms with E-state index in [2.05, 4.69) is 6.92 Å². The van der Waals surface area contributed by atoms with Gasteiger partial charge in [-0.25, -0.2) is 8.42 Å². The number of hydrogen-bond donors (Lipinski definition) is 0. The molecule has 5 heteroatoms. The number of ether oxygens (including phenoxy) is 1. The van der Waals surface area contributed by atoms with E-state index in [9.17, 15) is 13.2 Å². The molecule has 1 unspecified atom stereocenters. The number of sulfone groups is 1. The minimum Gasteiger partial charge on any atom is -0.465 e. The van der Waals surface area contributed by atoms with Crippen molar-refractivity contribution in [3.05, 3.63) is 0 Å². The average molecular weight is 250 g/mol. The number of carbonyl (C=O) groups excluding carboxylic acids is 1. The normalized spacial score (nSPS) is 13.4. The number of rotatable bonds is 8. The zero-order valence-electron chi connectivity index (χ0n) is 10.4. The van der Waals surface area contributed by atoms with Crippen LogP contribution in [0.25, 0.3) is 0 Å². The summed E-state index contributed by atoms with van der Waals surface area (Å²) >= 11 is 0. The maximum atomic E-state index is 11.2. The van der Waals surface area contributed by atoms with Crippen LogP contribution in [0.2, 0.25) is 0 Å². The third kappa shape index (κ3) is 8.71. The Labute approximate surface area is 98.3 Å². The summed E-state index contributed by atoms with van der Waals surface area (Å²) in [6.07, 6.45) is 5.24. The van der Waals surface area contributed by atoms with Crippen molar-refractivity contribution in [3.8, 4) is 0 Å². The fourth-order valence-electron chi connectivity index (χ4n) is 1.36. The van der Waals surface area contributed by atoms with Gasteiger partial charge in [0.15, 0.2) is 9.84 Å². The molecule has 0 aromatic carbocycles. The molecule has 0 aliphatic heterocycles. The lowest BCUT2D eigenvalue weighted by Crippen LogP contribution is -2.20. The second-order valence-corrected chi connectivity index (χ2v) is 6.31. The van der Waals surface area contributed by atoms with E-state index in [1.165, 1.54) is 0 Å². The number of hydrogen-bond acceptors (Lipinski definition) is 4. The van der Waals surface area contributed by atoms with Crippen molar-refractivity contribution in [1.82, 2.24) is 0 Å². The first-order chi connectivity index (χ1) is 7.39. The van der Waals surface area contributed by atoms with E-state index in [0.29, 0.717) is 12.5 Å². The standard InChI is InChI=1S/C11H22O4S/c1-4-6-7-10(5-2)8-15-11(12)9-16(3,13)14/h10H,4-9H2,1-3H3. The third-order valence-corrected chi connectivity index (χ3v) is 3.16. The van der Waals surface area contributed by atoms with Crippen LogP contribution in [0.3, 0.4) is 0 Å². The molecule has 1 atom stereocenters. The second kappa shape index (κ2) is 7.65. The van der Waals surface area contributed by atoms with E-state index in [0.717, 1.165) is 31.9 Å². The molecule has 0 N–H and O–H groups in total. The zero-order chi connectivity index (χ0) is 12.6. The Morgan fingerprint density at radius 1 is 1.31 bits per heavy atom. The molecule has 96 valence electrons. The molecule has 0 aliphatic rings. The lowest BCUT2D eigenvalue weighted by molar-refractivity contribution is -0.142. The largest absolute Gasteiger partial charge is 0.465 e. The van der Waals surface area contributed by atoms with Gasteiger partial charge in [-0.2, -0.15) is 0 Å². The molecule has 0 spiro atoms. The van der Waals surface area contributed by atoms with Gasteiger partial charge in [0.25, 0.3) is 0 Å². The van der Waals surface area contributed by atoms with Gasteiger partial charge in [-0.3, -0.25) is 4.79 Å². The summed E-state index contributed by atoms with van der Waals surface area (Å²) in [6, 6.07) is 0. The van der Waals surface area contributed by atoms with Gasteiger partial charge in [-0.1, -0.05) is 33.1 Å². The van der Waals surface area contributed by atoms with E-state index in [-0.39, 0.29) is 0 Å². The Balaban J connectivity index is 3.88. The second-order valence-electron chi connectivity index (χ2n) is 4.17. The molecule has 16 heavy (non-hydrogen) atoms. The van der Waals surface area contributed by atoms with Crippen LogP contribution in [0.1, 0.15) is 39.5 Å². The fourth-order valence-corrected chi connectivity index (χ4v) is 1.88. The van der Waals surface area contributed by atoms with Gasteiger partial charge in [-0.15, -0.1) is 0 Å². The van der Waals surface area contributed by atoms with Gasteiger partial charge in [0.1, 0.15) is 5.75 Å². The smallest absolute Gasteiger partial charge is 0.321 e. The predicted octanol–water partition coefficient (Wildman–Crippen LogP) is 1.79. The molecule has 0 amide bonds. The predicted molar refractivity (Wildman–Crippen MR) is 64.0 cm³/mol. The number of esters is 1. The van der Waals surface area contributed by atoms with Gasteiger partial charge in [-0.05, 0) is 12.3 Å². The Kier molecular flexibility index (Phi) is 7.38. The van der Waals surface area contributed by atoms with E-state index in [1.54, 1.807) is 0 Å². The number of unbranched alkanes of at least 4 members (excludes halogenated alkanes) is 1. The van der Waals surface area contributed by atoms with Crippen molar-refractivity contribution in [3.63, 3.8) is 0 Å². The molecule has 0 rings (SSSR count). The topological polar surface area (TPSA) is 60.4 Å². The van der Waals surface area contributed by atoms with Crippen LogP contribution < -0.4 is 0 Å². The maximum absolute atomic E-state index is 11.2. The molecule has 0 bridgehead atoms. The van der Waals surface area contributed by atoms with E-state index in [4.69, 9.17) is 4.74 Å². The van der Waals surface area contributed by atoms with Crippen LogP contribution >= 0.6 is 0 Å². The Bertz CT molecular complexity index is 295. The molecule has 0 saturated heterocycles. The van der Waals surface area contributed by atoms with E-state index in [1.807, 2.05) is 6.92 Å². The molecule has 0 fully saturated rings. The summed E-state index contributed by atoms with van der Waals surface area (Å²) in [7, 11) is -3.27. The van der Waals surface area contributed by atoms with Crippen molar-refractivity contribution in [1.29, 1.82) is 0 Å². The quantitative estimate of drug-likeness (QED) is 0.616. The molecular weight excluding hydrogens is 228 g/mol. The molecule has 0 saturated carbocycles. The monoisotopic (exact) mass is 250 g/mol. The molecule has 4 nitrogen and oxygen atoms in total. The van der Waals surface area contributed by atoms with E-state index < -0.39 is 21.6 Å². The third-order valence-electron chi connectivity index (χ3n) is 2.40. The summed E-state index contributed by atoms with van der Waals surface area (Å²) in [5, 5.41) is 0. The summed E-state index contributed by atoms with van der Waals surface area (Å²) in [5.41, 5.74) is 0. The van der Waals surface area contributed by atoms with Crippen molar-refractivity contribution in [2.45, 2.75) is 39.5 Å². The Hall–Kier alpha value is -0.580. The number of carbonyl (C=O) groups is 1. The van der Waals surface area contributed by atoms with Crippen LogP contribution in [0.15, 0.2) is 0 Å². The van der Waals surface area contributed by atoms with Crippen LogP contribution in [-0.2, 0) is 19.4 Å². The summed E-state index contributed by atoms with van der Waals surface area (Å²) in [5.74, 6) is -0.807. The first kappa shape index (κ1) is 15.4. The van der Waals surface area contributed by atoms with Crippen molar-refractivity contribution in [2.75, 3.05) is 18.6 Å². The molecule has 0 heterocycles. The Morgan fingerprint density at radius 3 is 2.38 bits per heavy atom. The molecular formula is C11H22O4S. The molecule has 0 radical (unpaired) electrons. The minimum atomic E-state index is -3.27. The fraction of sp³-hybridized carbons (Fsp3) is 0.909. The summed E-state index contributed by atoms with van der Waals surface area (Å²) < 4.78 is 26.6. The van der Waals surface area contributed by atoms with Crippen molar-refractivity contribution in [2.24, 2.45) is 5.92 Å². The van der Waals surface area contributed by atoms with Gasteiger partial charge in [0.05, 0.1) is 6.61 Å². The highest BCUT2D eigenvalue weighted by molar-refractivity contribution is 7.91. The van der Waals surface area contributed by atoms with Crippen LogP contribution in [-0.4, -0.2) is 33.0 Å². The van der Waals surface area contributed by atoms with Crippen molar-refractivity contribution < 1.29 is 17.9 Å². The zero-order valence-corrected chi connectivity index (χ0v) is 11.2. The summed E-state index contributed by atoms with van der Waals surface area (Å²) in [6.45, 7) is 4.50. The average Bonchev–Trinajstić information content (AvgIpc) is 2.15.